The van der Waals surface area contributed by atoms with E-state index in [1.54, 1.807) is 0 Å². The maximum absolute atomic E-state index is 13.0. The molecule has 5 nitrogen and oxygen atoms in total. The standard InChI is InChI=1S/C21H20ClN3O2/c1-13-14(2)24-19-11-15(7-8-18(19)23-13)21(26)25-9-10-27-20(12-25)16-5-3-4-6-17(16)22/h3-8,11,20H,9-10,12H2,1-2H3. The van der Waals surface area contributed by atoms with Crippen LogP contribution in [-0.2, 0) is 4.74 Å². The van der Waals surface area contributed by atoms with E-state index in [-0.39, 0.29) is 12.0 Å². The Morgan fingerprint density at radius 1 is 1.11 bits per heavy atom. The fourth-order valence-electron chi connectivity index (χ4n) is 3.30. The van der Waals surface area contributed by atoms with E-state index in [1.807, 2.05) is 61.2 Å². The van der Waals surface area contributed by atoms with Crippen LogP contribution in [-0.4, -0.2) is 40.5 Å². The number of aryl methyl sites for hydroxylation is 2. The second-order valence-corrected chi connectivity index (χ2v) is 7.14. The van der Waals surface area contributed by atoms with Crippen LogP contribution in [0.3, 0.4) is 0 Å². The van der Waals surface area contributed by atoms with Gasteiger partial charge in [-0.05, 0) is 38.1 Å². The number of ether oxygens (including phenoxy) is 1. The molecule has 4 rings (SSSR count). The molecule has 1 atom stereocenters. The smallest absolute Gasteiger partial charge is 0.254 e. The van der Waals surface area contributed by atoms with Gasteiger partial charge in [0.25, 0.3) is 5.91 Å². The molecule has 1 aromatic heterocycles. The summed E-state index contributed by atoms with van der Waals surface area (Å²) in [5, 5.41) is 0.656. The normalized spacial score (nSPS) is 17.3. The Balaban J connectivity index is 1.59. The van der Waals surface area contributed by atoms with E-state index in [9.17, 15) is 4.79 Å². The molecule has 6 heteroatoms. The Bertz CT molecular complexity index is 1020. The van der Waals surface area contributed by atoms with Crippen LogP contribution in [0.15, 0.2) is 42.5 Å². The molecule has 0 aliphatic carbocycles. The molecule has 138 valence electrons. The molecule has 2 aromatic carbocycles. The first-order valence-electron chi connectivity index (χ1n) is 8.93. The van der Waals surface area contributed by atoms with E-state index in [4.69, 9.17) is 16.3 Å². The number of benzene rings is 2. The van der Waals surface area contributed by atoms with Crippen molar-refractivity contribution in [1.82, 2.24) is 14.9 Å². The van der Waals surface area contributed by atoms with E-state index in [0.717, 1.165) is 28.0 Å². The summed E-state index contributed by atoms with van der Waals surface area (Å²) in [6.07, 6.45) is -0.221. The summed E-state index contributed by atoms with van der Waals surface area (Å²) in [7, 11) is 0. The van der Waals surface area contributed by atoms with Gasteiger partial charge in [0.2, 0.25) is 0 Å². The molecular formula is C21H20ClN3O2. The molecule has 27 heavy (non-hydrogen) atoms. The van der Waals surface area contributed by atoms with Gasteiger partial charge in [0, 0.05) is 22.7 Å². The fraction of sp³-hybridized carbons (Fsp3) is 0.286. The minimum absolute atomic E-state index is 0.0303. The van der Waals surface area contributed by atoms with E-state index in [0.29, 0.717) is 30.3 Å². The quantitative estimate of drug-likeness (QED) is 0.670. The van der Waals surface area contributed by atoms with Crippen LogP contribution < -0.4 is 0 Å². The number of carbonyl (C=O) groups excluding carboxylic acids is 1. The highest BCUT2D eigenvalue weighted by atomic mass is 35.5. The maximum atomic E-state index is 13.0. The van der Waals surface area contributed by atoms with E-state index in [2.05, 4.69) is 9.97 Å². The highest BCUT2D eigenvalue weighted by molar-refractivity contribution is 6.31. The van der Waals surface area contributed by atoms with Crippen molar-refractivity contribution in [2.24, 2.45) is 0 Å². The molecule has 0 radical (unpaired) electrons. The van der Waals surface area contributed by atoms with Gasteiger partial charge in [-0.15, -0.1) is 0 Å². The minimum atomic E-state index is -0.221. The van der Waals surface area contributed by atoms with Crippen LogP contribution in [0, 0.1) is 13.8 Å². The third-order valence-corrected chi connectivity index (χ3v) is 5.27. The van der Waals surface area contributed by atoms with Gasteiger partial charge in [-0.1, -0.05) is 29.8 Å². The maximum Gasteiger partial charge on any atom is 0.254 e. The Morgan fingerprint density at radius 3 is 2.63 bits per heavy atom. The predicted octanol–water partition coefficient (Wildman–Crippen LogP) is 4.11. The van der Waals surface area contributed by atoms with E-state index < -0.39 is 0 Å². The molecule has 0 N–H and O–H groups in total. The molecular weight excluding hydrogens is 362 g/mol. The molecule has 1 aliphatic heterocycles. The van der Waals surface area contributed by atoms with E-state index >= 15 is 0 Å². The average Bonchev–Trinajstić information content (AvgIpc) is 2.68. The Morgan fingerprint density at radius 2 is 1.85 bits per heavy atom. The van der Waals surface area contributed by atoms with Crippen molar-refractivity contribution in [3.8, 4) is 0 Å². The van der Waals surface area contributed by atoms with Crippen LogP contribution in [0.5, 0.6) is 0 Å². The number of halogens is 1. The van der Waals surface area contributed by atoms with Gasteiger partial charge >= 0.3 is 0 Å². The van der Waals surface area contributed by atoms with Crippen molar-refractivity contribution in [3.05, 3.63) is 70.0 Å². The lowest BCUT2D eigenvalue weighted by Crippen LogP contribution is -2.42. The summed E-state index contributed by atoms with van der Waals surface area (Å²) in [5.74, 6) is -0.0303. The van der Waals surface area contributed by atoms with Crippen molar-refractivity contribution < 1.29 is 9.53 Å². The van der Waals surface area contributed by atoms with Crippen LogP contribution in [0.4, 0.5) is 0 Å². The molecule has 1 amide bonds. The molecule has 1 fully saturated rings. The summed E-state index contributed by atoms with van der Waals surface area (Å²) < 4.78 is 5.86. The van der Waals surface area contributed by atoms with Crippen LogP contribution in [0.25, 0.3) is 11.0 Å². The molecule has 2 heterocycles. The largest absolute Gasteiger partial charge is 0.370 e. The number of hydrogen-bond donors (Lipinski definition) is 0. The lowest BCUT2D eigenvalue weighted by atomic mass is 10.1. The zero-order chi connectivity index (χ0) is 19.0. The number of nitrogens with zero attached hydrogens (tertiary/aromatic N) is 3. The van der Waals surface area contributed by atoms with E-state index in [1.165, 1.54) is 0 Å². The van der Waals surface area contributed by atoms with Gasteiger partial charge in [-0.2, -0.15) is 0 Å². The predicted molar refractivity (Wildman–Crippen MR) is 105 cm³/mol. The Labute approximate surface area is 162 Å². The first kappa shape index (κ1) is 17.9. The highest BCUT2D eigenvalue weighted by Gasteiger charge is 2.27. The van der Waals surface area contributed by atoms with Gasteiger partial charge in [0.15, 0.2) is 0 Å². The summed E-state index contributed by atoms with van der Waals surface area (Å²) in [6, 6.07) is 13.1. The van der Waals surface area contributed by atoms with Gasteiger partial charge in [-0.3, -0.25) is 4.79 Å². The number of fused-ring (bicyclic) bond motifs is 1. The summed E-state index contributed by atoms with van der Waals surface area (Å²) in [4.78, 5) is 23.9. The molecule has 1 aliphatic rings. The number of hydrogen-bond acceptors (Lipinski definition) is 4. The molecule has 1 saturated heterocycles. The summed E-state index contributed by atoms with van der Waals surface area (Å²) >= 11 is 6.30. The molecule has 0 bridgehead atoms. The second kappa shape index (κ2) is 7.25. The average molecular weight is 382 g/mol. The number of rotatable bonds is 2. The number of carbonyl (C=O) groups is 1. The molecule has 3 aromatic rings. The molecule has 1 unspecified atom stereocenters. The molecule has 0 saturated carbocycles. The lowest BCUT2D eigenvalue weighted by molar-refractivity contribution is -0.0227. The van der Waals surface area contributed by atoms with Crippen LogP contribution >= 0.6 is 11.6 Å². The van der Waals surface area contributed by atoms with Gasteiger partial charge in [0.1, 0.15) is 6.10 Å². The second-order valence-electron chi connectivity index (χ2n) is 6.73. The zero-order valence-corrected chi connectivity index (χ0v) is 16.0. The Hall–Kier alpha value is -2.50. The SMILES string of the molecule is Cc1nc2ccc(C(=O)N3CCOC(c4ccccc4Cl)C3)cc2nc1C. The fourth-order valence-corrected chi connectivity index (χ4v) is 3.56. The topological polar surface area (TPSA) is 55.3 Å². The van der Waals surface area contributed by atoms with Crippen molar-refractivity contribution in [2.75, 3.05) is 19.7 Å². The van der Waals surface area contributed by atoms with Crippen LogP contribution in [0.2, 0.25) is 5.02 Å². The number of amides is 1. The van der Waals surface area contributed by atoms with Crippen molar-refractivity contribution >= 4 is 28.5 Å². The number of morpholine rings is 1. The summed E-state index contributed by atoms with van der Waals surface area (Å²) in [6.45, 7) is 5.36. The monoisotopic (exact) mass is 381 g/mol. The third kappa shape index (κ3) is 3.53. The van der Waals surface area contributed by atoms with Crippen molar-refractivity contribution in [2.45, 2.75) is 20.0 Å². The van der Waals surface area contributed by atoms with Crippen molar-refractivity contribution in [3.63, 3.8) is 0 Å². The Kier molecular flexibility index (Phi) is 4.81. The minimum Gasteiger partial charge on any atom is -0.370 e. The summed E-state index contributed by atoms with van der Waals surface area (Å²) in [5.41, 5.74) is 4.83. The first-order chi connectivity index (χ1) is 13.0. The van der Waals surface area contributed by atoms with Gasteiger partial charge in [-0.25, -0.2) is 9.97 Å². The van der Waals surface area contributed by atoms with Crippen molar-refractivity contribution in [1.29, 1.82) is 0 Å². The van der Waals surface area contributed by atoms with Gasteiger partial charge < -0.3 is 9.64 Å². The first-order valence-corrected chi connectivity index (χ1v) is 9.31. The third-order valence-electron chi connectivity index (χ3n) is 4.93. The highest BCUT2D eigenvalue weighted by Crippen LogP contribution is 2.29. The zero-order valence-electron chi connectivity index (χ0n) is 15.3. The van der Waals surface area contributed by atoms with Crippen LogP contribution in [0.1, 0.15) is 33.4 Å². The molecule has 0 spiro atoms. The number of aromatic nitrogens is 2. The van der Waals surface area contributed by atoms with Gasteiger partial charge in [0.05, 0.1) is 35.6 Å². The lowest BCUT2D eigenvalue weighted by Gasteiger charge is -2.33.